The summed E-state index contributed by atoms with van der Waals surface area (Å²) in [5.74, 6) is 6.07. The van der Waals surface area contributed by atoms with E-state index in [0.29, 0.717) is 12.0 Å². The van der Waals surface area contributed by atoms with Crippen LogP contribution in [-0.4, -0.2) is 5.91 Å². The van der Waals surface area contributed by atoms with Crippen molar-refractivity contribution in [1.82, 2.24) is 0 Å². The Hall–Kier alpha value is -2.13. The van der Waals surface area contributed by atoms with E-state index in [2.05, 4.69) is 53.6 Å². The van der Waals surface area contributed by atoms with Crippen LogP contribution in [0.2, 0.25) is 0 Å². The summed E-state index contributed by atoms with van der Waals surface area (Å²) in [6, 6.07) is 12.8. The fraction of sp³-hybridized carbons (Fsp3) is 0.190. The molecule has 3 rings (SSSR count). The lowest BCUT2D eigenvalue weighted by Gasteiger charge is -1.96. The SMILES string of the molecule is CCC(=CCCC#Cc1ccc(-c2ccc(-c3cccs3)s2)s1)C(N)=O. The summed E-state index contributed by atoms with van der Waals surface area (Å²) in [6.07, 6.45) is 4.05. The summed E-state index contributed by atoms with van der Waals surface area (Å²) in [4.78, 5) is 17.4. The first-order valence-corrected chi connectivity index (χ1v) is 10.9. The minimum Gasteiger partial charge on any atom is -0.366 e. The number of hydrogen-bond donors (Lipinski definition) is 1. The lowest BCUT2D eigenvalue weighted by molar-refractivity contribution is -0.114. The smallest absolute Gasteiger partial charge is 0.244 e. The number of nitrogens with two attached hydrogens (primary N) is 1. The summed E-state index contributed by atoms with van der Waals surface area (Å²) in [5, 5.41) is 2.11. The highest BCUT2D eigenvalue weighted by molar-refractivity contribution is 7.26. The number of thiophene rings is 3. The summed E-state index contributed by atoms with van der Waals surface area (Å²) in [6.45, 7) is 1.93. The molecule has 3 aromatic rings. The van der Waals surface area contributed by atoms with Gasteiger partial charge in [0.1, 0.15) is 0 Å². The molecule has 0 spiro atoms. The molecule has 0 saturated heterocycles. The molecule has 2 N–H and O–H groups in total. The van der Waals surface area contributed by atoms with Crippen LogP contribution in [0.15, 0.2) is 53.4 Å². The van der Waals surface area contributed by atoms with Gasteiger partial charge in [-0.05, 0) is 48.6 Å². The molecule has 0 aliphatic carbocycles. The van der Waals surface area contributed by atoms with E-state index in [0.717, 1.165) is 17.7 Å². The van der Waals surface area contributed by atoms with Crippen molar-refractivity contribution in [3.63, 3.8) is 0 Å². The molecule has 132 valence electrons. The van der Waals surface area contributed by atoms with Gasteiger partial charge in [0, 0.05) is 31.5 Å². The molecule has 3 aromatic heterocycles. The van der Waals surface area contributed by atoms with E-state index >= 15 is 0 Å². The minimum atomic E-state index is -0.332. The molecular weight excluding hydrogens is 378 g/mol. The highest BCUT2D eigenvalue weighted by atomic mass is 32.1. The maximum Gasteiger partial charge on any atom is 0.244 e. The zero-order valence-corrected chi connectivity index (χ0v) is 16.9. The molecule has 0 atom stereocenters. The number of primary amides is 1. The molecule has 0 unspecified atom stereocenters. The molecule has 0 bridgehead atoms. The Kier molecular flexibility index (Phi) is 6.45. The Morgan fingerprint density at radius 1 is 1.08 bits per heavy atom. The molecule has 5 heteroatoms. The van der Waals surface area contributed by atoms with Crippen molar-refractivity contribution in [2.45, 2.75) is 26.2 Å². The fourth-order valence-corrected chi connectivity index (χ4v) is 5.26. The lowest BCUT2D eigenvalue weighted by Crippen LogP contribution is -2.13. The highest BCUT2D eigenvalue weighted by Crippen LogP contribution is 2.38. The van der Waals surface area contributed by atoms with E-state index in [9.17, 15) is 4.79 Å². The zero-order valence-electron chi connectivity index (χ0n) is 14.5. The number of amides is 1. The first kappa shape index (κ1) is 18.7. The van der Waals surface area contributed by atoms with Crippen molar-refractivity contribution in [1.29, 1.82) is 0 Å². The third-order valence-electron chi connectivity index (χ3n) is 3.79. The van der Waals surface area contributed by atoms with E-state index < -0.39 is 0 Å². The standard InChI is InChI=1S/C21H19NOS3/c1-2-15(21(22)23)7-4-3-5-8-16-10-11-19(25-16)20-13-12-18(26-20)17-9-6-14-24-17/h6-7,9-14H,2-4H2,1H3,(H2,22,23). The summed E-state index contributed by atoms with van der Waals surface area (Å²) >= 11 is 5.31. The van der Waals surface area contributed by atoms with Crippen LogP contribution in [0, 0.1) is 11.8 Å². The molecule has 0 fully saturated rings. The number of carbonyl (C=O) groups is 1. The Labute approximate surface area is 166 Å². The molecule has 0 saturated carbocycles. The molecule has 0 aliphatic rings. The number of hydrogen-bond acceptors (Lipinski definition) is 4. The molecule has 26 heavy (non-hydrogen) atoms. The van der Waals surface area contributed by atoms with Gasteiger partial charge in [0.25, 0.3) is 0 Å². The van der Waals surface area contributed by atoms with Crippen molar-refractivity contribution in [3.05, 3.63) is 58.3 Å². The zero-order chi connectivity index (χ0) is 18.4. The third-order valence-corrected chi connectivity index (χ3v) is 7.14. The predicted octanol–water partition coefficient (Wildman–Crippen LogP) is 6.16. The van der Waals surface area contributed by atoms with Crippen LogP contribution in [0.1, 0.15) is 31.1 Å². The van der Waals surface area contributed by atoms with Crippen LogP contribution in [0.25, 0.3) is 19.5 Å². The van der Waals surface area contributed by atoms with Gasteiger partial charge in [-0.3, -0.25) is 4.79 Å². The van der Waals surface area contributed by atoms with Gasteiger partial charge in [-0.25, -0.2) is 0 Å². The van der Waals surface area contributed by atoms with Crippen LogP contribution in [0.3, 0.4) is 0 Å². The second-order valence-electron chi connectivity index (χ2n) is 5.59. The first-order chi connectivity index (χ1) is 12.7. The molecule has 1 amide bonds. The number of carbonyl (C=O) groups excluding carboxylic acids is 1. The molecule has 2 nitrogen and oxygen atoms in total. The van der Waals surface area contributed by atoms with Crippen molar-refractivity contribution < 1.29 is 4.79 Å². The van der Waals surface area contributed by atoms with E-state index in [1.807, 2.05) is 24.3 Å². The summed E-state index contributed by atoms with van der Waals surface area (Å²) in [5.41, 5.74) is 5.99. The topological polar surface area (TPSA) is 43.1 Å². The monoisotopic (exact) mass is 397 g/mol. The van der Waals surface area contributed by atoms with Gasteiger partial charge in [-0.1, -0.05) is 30.9 Å². The van der Waals surface area contributed by atoms with Crippen molar-refractivity contribution in [2.24, 2.45) is 5.73 Å². The highest BCUT2D eigenvalue weighted by Gasteiger charge is 2.07. The normalized spacial score (nSPS) is 11.2. The maximum absolute atomic E-state index is 11.2. The van der Waals surface area contributed by atoms with Gasteiger partial charge < -0.3 is 5.73 Å². The number of rotatable bonds is 6. The first-order valence-electron chi connectivity index (χ1n) is 8.39. The van der Waals surface area contributed by atoms with Gasteiger partial charge in [0.2, 0.25) is 5.91 Å². The summed E-state index contributed by atoms with van der Waals surface area (Å²) in [7, 11) is 0. The van der Waals surface area contributed by atoms with Crippen molar-refractivity contribution in [3.8, 4) is 31.3 Å². The second-order valence-corrected chi connectivity index (χ2v) is 8.71. The predicted molar refractivity (Wildman–Crippen MR) is 115 cm³/mol. The molecule has 0 aromatic carbocycles. The maximum atomic E-state index is 11.2. The lowest BCUT2D eigenvalue weighted by atomic mass is 10.1. The largest absolute Gasteiger partial charge is 0.366 e. The van der Waals surface area contributed by atoms with E-state index in [4.69, 9.17) is 5.73 Å². The Bertz CT molecular complexity index is 964. The van der Waals surface area contributed by atoms with Crippen LogP contribution < -0.4 is 5.73 Å². The average molecular weight is 398 g/mol. The van der Waals surface area contributed by atoms with E-state index in [-0.39, 0.29) is 5.91 Å². The Balaban J connectivity index is 1.62. The molecule has 0 aliphatic heterocycles. The molecular formula is C21H19NOS3. The minimum absolute atomic E-state index is 0.332. The van der Waals surface area contributed by atoms with E-state index in [1.54, 1.807) is 22.7 Å². The van der Waals surface area contributed by atoms with Crippen molar-refractivity contribution in [2.75, 3.05) is 0 Å². The van der Waals surface area contributed by atoms with Gasteiger partial charge in [0.05, 0.1) is 4.88 Å². The van der Waals surface area contributed by atoms with Gasteiger partial charge in [-0.2, -0.15) is 0 Å². The van der Waals surface area contributed by atoms with Gasteiger partial charge >= 0.3 is 0 Å². The Morgan fingerprint density at radius 2 is 1.81 bits per heavy atom. The van der Waals surface area contributed by atoms with Gasteiger partial charge in [0.15, 0.2) is 0 Å². The van der Waals surface area contributed by atoms with Crippen LogP contribution in [-0.2, 0) is 4.79 Å². The fourth-order valence-electron chi connectivity index (χ4n) is 2.45. The molecule has 0 radical (unpaired) electrons. The van der Waals surface area contributed by atoms with Crippen LogP contribution >= 0.6 is 34.0 Å². The number of unbranched alkanes of at least 4 members (excludes halogenated alkanes) is 1. The quantitative estimate of drug-likeness (QED) is 0.302. The van der Waals surface area contributed by atoms with Crippen molar-refractivity contribution >= 4 is 39.9 Å². The second kappa shape index (κ2) is 9.00. The third kappa shape index (κ3) is 4.73. The number of allylic oxidation sites excluding steroid dienone is 1. The van der Waals surface area contributed by atoms with E-state index in [1.165, 1.54) is 19.5 Å². The Morgan fingerprint density at radius 3 is 2.50 bits per heavy atom. The summed E-state index contributed by atoms with van der Waals surface area (Å²) < 4.78 is 0. The van der Waals surface area contributed by atoms with Crippen LogP contribution in [0.4, 0.5) is 0 Å². The van der Waals surface area contributed by atoms with Gasteiger partial charge in [-0.15, -0.1) is 34.0 Å². The van der Waals surface area contributed by atoms with Crippen LogP contribution in [0.5, 0.6) is 0 Å². The average Bonchev–Trinajstić information content (AvgIpc) is 3.38. The molecule has 3 heterocycles.